The lowest BCUT2D eigenvalue weighted by molar-refractivity contribution is -0.137. The lowest BCUT2D eigenvalue weighted by Gasteiger charge is -2.39. The molecule has 306 valence electrons. The van der Waals surface area contributed by atoms with Crippen molar-refractivity contribution in [1.29, 1.82) is 0 Å². The molecule has 0 saturated carbocycles. The summed E-state index contributed by atoms with van der Waals surface area (Å²) >= 11 is 0. The van der Waals surface area contributed by atoms with Crippen LogP contribution >= 0.6 is 0 Å². The minimum atomic E-state index is -4.74. The van der Waals surface area contributed by atoms with Gasteiger partial charge in [0.05, 0.1) is 22.9 Å². The van der Waals surface area contributed by atoms with Crippen LogP contribution in [0.25, 0.3) is 5.65 Å². The fourth-order valence-corrected chi connectivity index (χ4v) is 7.87. The van der Waals surface area contributed by atoms with Crippen molar-refractivity contribution in [2.75, 3.05) is 30.4 Å². The number of nitrogens with one attached hydrogen (secondary N) is 2. The van der Waals surface area contributed by atoms with Crippen molar-refractivity contribution in [3.63, 3.8) is 0 Å². The summed E-state index contributed by atoms with van der Waals surface area (Å²) < 4.78 is 60.6. The van der Waals surface area contributed by atoms with E-state index in [0.29, 0.717) is 29.7 Å². The highest BCUT2D eigenvalue weighted by Crippen LogP contribution is 2.40. The van der Waals surface area contributed by atoms with Gasteiger partial charge in [0.15, 0.2) is 5.65 Å². The first kappa shape index (κ1) is 39.9. The summed E-state index contributed by atoms with van der Waals surface area (Å²) in [6.07, 6.45) is -0.749. The zero-order valence-electron chi connectivity index (χ0n) is 32.3. The Kier molecular flexibility index (Phi) is 10.4. The van der Waals surface area contributed by atoms with Gasteiger partial charge in [0.25, 0.3) is 17.7 Å². The molecule has 1 unspecified atom stereocenters. The van der Waals surface area contributed by atoms with Gasteiger partial charge in [-0.2, -0.15) is 18.3 Å². The first-order chi connectivity index (χ1) is 28.7. The molecule has 2 aromatic heterocycles. The summed E-state index contributed by atoms with van der Waals surface area (Å²) in [6, 6.07) is 13.0. The molecular weight excluding hydrogens is 785 g/mol. The smallest absolute Gasteiger partial charge is 0.371 e. The monoisotopic (exact) mass is 820 g/mol. The van der Waals surface area contributed by atoms with Crippen LogP contribution in [0.1, 0.15) is 84.7 Å². The Hall–Kier alpha value is -6.93. The lowest BCUT2D eigenvalue weighted by Crippen LogP contribution is -2.54. The number of halogens is 4. The van der Waals surface area contributed by atoms with Gasteiger partial charge in [-0.25, -0.2) is 13.9 Å². The number of carbonyl (C=O) groups is 5. The van der Waals surface area contributed by atoms with Gasteiger partial charge in [0.1, 0.15) is 17.6 Å². The van der Waals surface area contributed by atoms with Gasteiger partial charge >= 0.3 is 6.18 Å². The lowest BCUT2D eigenvalue weighted by atomic mass is 9.99. The number of aromatic nitrogens is 3. The summed E-state index contributed by atoms with van der Waals surface area (Å²) in [6.45, 7) is 2.38. The third-order valence-electron chi connectivity index (χ3n) is 11.1. The van der Waals surface area contributed by atoms with Crippen molar-refractivity contribution >= 4 is 46.6 Å². The third-order valence-corrected chi connectivity index (χ3v) is 11.1. The van der Waals surface area contributed by atoms with Crippen LogP contribution in [0, 0.1) is 24.6 Å². The van der Waals surface area contributed by atoms with Gasteiger partial charge in [-0.1, -0.05) is 12.0 Å². The highest BCUT2D eigenvalue weighted by molar-refractivity contribution is 6.23. The molecule has 5 heterocycles. The molecule has 1 atom stereocenters. The molecule has 2 fully saturated rings. The number of fused-ring (bicyclic) bond motifs is 2. The number of anilines is 2. The molecule has 0 aliphatic carbocycles. The predicted octanol–water partition coefficient (Wildman–Crippen LogP) is 5.35. The summed E-state index contributed by atoms with van der Waals surface area (Å²) in [7, 11) is 1.75. The van der Waals surface area contributed by atoms with E-state index in [-0.39, 0.29) is 72.1 Å². The number of rotatable bonds is 7. The average Bonchev–Trinajstić information content (AvgIpc) is 3.74. The number of nitrogens with zero attached hydrogens (tertiary/aromatic N) is 6. The predicted molar refractivity (Wildman–Crippen MR) is 209 cm³/mol. The molecule has 0 spiro atoms. The first-order valence-electron chi connectivity index (χ1n) is 19.1. The van der Waals surface area contributed by atoms with Gasteiger partial charge < -0.3 is 10.2 Å². The van der Waals surface area contributed by atoms with E-state index in [1.165, 1.54) is 18.2 Å². The molecule has 3 aromatic carbocycles. The Bertz CT molecular complexity index is 2680. The van der Waals surface area contributed by atoms with E-state index in [1.54, 1.807) is 59.2 Å². The SMILES string of the molecule is Cc1ccc(C(=O)Nc2ccc(N3CCC(N(C)Cc4cc5c(cc4F)C(=O)N(C4CCC(=O)NC4=O)C5=O)CC3)c(C(F)(F)F)c2)cc1C#Cc1cnc2cccnn12. The van der Waals surface area contributed by atoms with Crippen LogP contribution in [-0.2, 0) is 22.3 Å². The van der Waals surface area contributed by atoms with Gasteiger partial charge in [0, 0.05) is 66.4 Å². The normalized spacial score (nSPS) is 17.2. The maximum absolute atomic E-state index is 15.4. The zero-order chi connectivity index (χ0) is 42.5. The fourth-order valence-electron chi connectivity index (χ4n) is 7.87. The number of piperidine rings is 2. The van der Waals surface area contributed by atoms with Crippen LogP contribution in [-0.4, -0.2) is 86.2 Å². The van der Waals surface area contributed by atoms with Crippen LogP contribution in [0.3, 0.4) is 0 Å². The van der Waals surface area contributed by atoms with E-state index in [4.69, 9.17) is 0 Å². The molecule has 3 aliphatic heterocycles. The average molecular weight is 821 g/mol. The molecule has 60 heavy (non-hydrogen) atoms. The number of hydrogen-bond donors (Lipinski definition) is 2. The summed E-state index contributed by atoms with van der Waals surface area (Å²) in [4.78, 5) is 72.2. The van der Waals surface area contributed by atoms with Crippen LogP contribution in [0.4, 0.5) is 28.9 Å². The van der Waals surface area contributed by atoms with Gasteiger partial charge in [0.2, 0.25) is 11.8 Å². The second kappa shape index (κ2) is 15.7. The van der Waals surface area contributed by atoms with E-state index < -0.39 is 53.1 Å². The second-order valence-corrected chi connectivity index (χ2v) is 15.0. The molecule has 0 bridgehead atoms. The van der Waals surface area contributed by atoms with Crippen molar-refractivity contribution in [2.24, 2.45) is 0 Å². The molecule has 13 nitrogen and oxygen atoms in total. The highest BCUT2D eigenvalue weighted by Gasteiger charge is 2.45. The molecule has 17 heteroatoms. The van der Waals surface area contributed by atoms with Gasteiger partial charge in [-0.15, -0.1) is 0 Å². The standard InChI is InChI=1S/C43H36F4N8O5/c1-24-5-6-26(18-25(24)7-9-30-22-48-37-4-3-15-49-55(30)37)39(57)50-28-8-10-35(33(20-28)43(45,46)47)53-16-13-29(14-17-53)52(2)23-27-19-31-32(21-34(27)44)42(60)54(41(31)59)36-11-12-38(56)51-40(36)58/h3-6,8,10,15,18-22,29,36H,11-14,16-17,23H2,1-2H3,(H,50,57)(H,51,56,58). The maximum atomic E-state index is 15.4. The van der Waals surface area contributed by atoms with Crippen LogP contribution < -0.4 is 15.5 Å². The van der Waals surface area contributed by atoms with Gasteiger partial charge in [-0.3, -0.25) is 39.1 Å². The van der Waals surface area contributed by atoms with Crippen molar-refractivity contribution in [1.82, 2.24) is 29.7 Å². The fraction of sp³-hybridized carbons (Fsp3) is 0.279. The van der Waals surface area contributed by atoms with Crippen molar-refractivity contribution in [3.8, 4) is 11.8 Å². The molecule has 8 rings (SSSR count). The van der Waals surface area contributed by atoms with E-state index in [2.05, 4.69) is 32.6 Å². The zero-order valence-corrected chi connectivity index (χ0v) is 32.3. The van der Waals surface area contributed by atoms with Crippen molar-refractivity contribution < 1.29 is 41.5 Å². The number of aryl methyl sites for hydroxylation is 1. The number of imidazole rings is 1. The maximum Gasteiger partial charge on any atom is 0.418 e. The Morgan fingerprint density at radius 1 is 0.967 bits per heavy atom. The highest BCUT2D eigenvalue weighted by atomic mass is 19.4. The Morgan fingerprint density at radius 3 is 2.45 bits per heavy atom. The van der Waals surface area contributed by atoms with E-state index >= 15 is 4.39 Å². The number of hydrogen-bond acceptors (Lipinski definition) is 9. The largest absolute Gasteiger partial charge is 0.418 e. The molecule has 0 radical (unpaired) electrons. The summed E-state index contributed by atoms with van der Waals surface area (Å²) in [5, 5.41) is 8.96. The summed E-state index contributed by atoms with van der Waals surface area (Å²) in [5.41, 5.74) is 1.66. The van der Waals surface area contributed by atoms with E-state index in [9.17, 15) is 37.1 Å². The van der Waals surface area contributed by atoms with Crippen LogP contribution in [0.2, 0.25) is 0 Å². The molecule has 2 saturated heterocycles. The number of carbonyl (C=O) groups excluding carboxylic acids is 5. The molecule has 3 aliphatic rings. The number of alkyl halides is 3. The Labute approximate surface area is 340 Å². The second-order valence-electron chi connectivity index (χ2n) is 15.0. The van der Waals surface area contributed by atoms with E-state index in [0.717, 1.165) is 22.6 Å². The minimum absolute atomic E-state index is 0.0326. The number of benzene rings is 3. The Morgan fingerprint density at radius 2 is 1.72 bits per heavy atom. The molecule has 2 N–H and O–H groups in total. The summed E-state index contributed by atoms with van der Waals surface area (Å²) in [5.74, 6) is 1.88. The van der Waals surface area contributed by atoms with Crippen LogP contribution in [0.15, 0.2) is 73.1 Å². The number of amides is 5. The first-order valence-corrected chi connectivity index (χ1v) is 19.1. The van der Waals surface area contributed by atoms with Gasteiger partial charge in [-0.05, 0) is 99.3 Å². The molecule has 5 aromatic rings. The van der Waals surface area contributed by atoms with Crippen molar-refractivity contribution in [2.45, 2.75) is 57.4 Å². The topological polar surface area (TPSA) is 149 Å². The van der Waals surface area contributed by atoms with Crippen molar-refractivity contribution in [3.05, 3.63) is 124 Å². The quantitative estimate of drug-likeness (QED) is 0.126. The van der Waals surface area contributed by atoms with E-state index in [1.807, 2.05) is 11.8 Å². The molecular formula is C43H36F4N8O5. The number of imide groups is 2. The third kappa shape index (κ3) is 7.69. The Balaban J connectivity index is 0.920. The van der Waals surface area contributed by atoms with Crippen LogP contribution in [0.5, 0.6) is 0 Å². The minimum Gasteiger partial charge on any atom is -0.371 e. The molecule has 5 amide bonds.